The van der Waals surface area contributed by atoms with Crippen molar-refractivity contribution < 1.29 is 22.7 Å². The summed E-state index contributed by atoms with van der Waals surface area (Å²) in [6.45, 7) is 1.56. The van der Waals surface area contributed by atoms with E-state index in [0.29, 0.717) is 22.4 Å². The third-order valence-corrected chi connectivity index (χ3v) is 5.95. The van der Waals surface area contributed by atoms with Gasteiger partial charge >= 0.3 is 6.36 Å². The first-order chi connectivity index (χ1) is 15.7. The second-order valence-corrected chi connectivity index (χ2v) is 8.48. The summed E-state index contributed by atoms with van der Waals surface area (Å²) in [6.07, 6.45) is -3.14. The normalized spacial score (nSPS) is 14.8. The second kappa shape index (κ2) is 9.57. The minimum atomic E-state index is -4.79. The Bertz CT molecular complexity index is 1100. The Hall–Kier alpha value is -3.48. The smallest absolute Gasteiger partial charge is 0.406 e. The Morgan fingerprint density at radius 1 is 1.15 bits per heavy atom. The molecule has 0 bridgehead atoms. The Morgan fingerprint density at radius 2 is 1.94 bits per heavy atom. The minimum Gasteiger partial charge on any atom is -0.406 e. The van der Waals surface area contributed by atoms with Crippen LogP contribution in [0, 0.1) is 0 Å². The maximum atomic E-state index is 12.4. The van der Waals surface area contributed by atoms with Crippen LogP contribution in [-0.2, 0) is 11.2 Å². The van der Waals surface area contributed by atoms with Crippen molar-refractivity contribution in [2.24, 2.45) is 0 Å². The number of nitrogens with zero attached hydrogens (tertiary/aromatic N) is 5. The SMILES string of the molecule is Nc1nnc(C2CCN(c3ccc(NC(=O)Cc4cccc(OC(F)(F)F)c4)nn3)CC2)s1. The van der Waals surface area contributed by atoms with Crippen molar-refractivity contribution in [1.29, 1.82) is 0 Å². The van der Waals surface area contributed by atoms with Gasteiger partial charge in [0.2, 0.25) is 11.0 Å². The van der Waals surface area contributed by atoms with Gasteiger partial charge in [-0.3, -0.25) is 4.79 Å². The molecule has 1 amide bonds. The van der Waals surface area contributed by atoms with Crippen molar-refractivity contribution in [2.75, 3.05) is 29.0 Å². The molecule has 174 valence electrons. The highest BCUT2D eigenvalue weighted by atomic mass is 32.1. The van der Waals surface area contributed by atoms with E-state index in [2.05, 4.69) is 35.3 Å². The molecule has 1 aliphatic rings. The lowest BCUT2D eigenvalue weighted by Crippen LogP contribution is -2.33. The van der Waals surface area contributed by atoms with Crippen molar-refractivity contribution >= 4 is 34.0 Å². The summed E-state index contributed by atoms with van der Waals surface area (Å²) in [4.78, 5) is 14.4. The molecule has 4 rings (SSSR count). The fraction of sp³-hybridized carbons (Fsp3) is 0.350. The molecular weight excluding hydrogens is 459 g/mol. The van der Waals surface area contributed by atoms with E-state index in [1.54, 1.807) is 12.1 Å². The van der Waals surface area contributed by atoms with Crippen LogP contribution in [0.5, 0.6) is 5.75 Å². The number of carbonyl (C=O) groups is 1. The van der Waals surface area contributed by atoms with Crippen molar-refractivity contribution in [3.05, 3.63) is 47.0 Å². The molecule has 1 fully saturated rings. The summed E-state index contributed by atoms with van der Waals surface area (Å²) in [5.41, 5.74) is 6.04. The van der Waals surface area contributed by atoms with E-state index in [0.717, 1.165) is 30.9 Å². The molecule has 0 radical (unpaired) electrons. The molecule has 1 saturated heterocycles. The van der Waals surface area contributed by atoms with Gasteiger partial charge in [0, 0.05) is 19.0 Å². The summed E-state index contributed by atoms with van der Waals surface area (Å²) in [7, 11) is 0. The van der Waals surface area contributed by atoms with Crippen molar-refractivity contribution in [3.63, 3.8) is 0 Å². The van der Waals surface area contributed by atoms with Gasteiger partial charge in [0.25, 0.3) is 0 Å². The lowest BCUT2D eigenvalue weighted by Gasteiger charge is -2.31. The number of nitrogens with two attached hydrogens (primary N) is 1. The highest BCUT2D eigenvalue weighted by Crippen LogP contribution is 2.32. The first-order valence-corrected chi connectivity index (χ1v) is 10.9. The van der Waals surface area contributed by atoms with Crippen molar-refractivity contribution in [2.45, 2.75) is 31.5 Å². The van der Waals surface area contributed by atoms with Crippen LogP contribution in [0.2, 0.25) is 0 Å². The number of rotatable bonds is 6. The molecule has 3 heterocycles. The monoisotopic (exact) mass is 479 g/mol. The van der Waals surface area contributed by atoms with Crippen molar-refractivity contribution in [1.82, 2.24) is 20.4 Å². The topological polar surface area (TPSA) is 119 Å². The van der Waals surface area contributed by atoms with Crippen LogP contribution in [0.1, 0.15) is 29.3 Å². The van der Waals surface area contributed by atoms with E-state index in [4.69, 9.17) is 5.73 Å². The number of alkyl halides is 3. The predicted octanol–water partition coefficient (Wildman–Crippen LogP) is 3.37. The average molecular weight is 479 g/mol. The molecule has 0 unspecified atom stereocenters. The van der Waals surface area contributed by atoms with Crippen LogP contribution >= 0.6 is 11.3 Å². The molecule has 33 heavy (non-hydrogen) atoms. The summed E-state index contributed by atoms with van der Waals surface area (Å²) in [6, 6.07) is 8.68. The third-order valence-electron chi connectivity index (χ3n) is 5.04. The molecule has 1 aromatic carbocycles. The van der Waals surface area contributed by atoms with Crippen LogP contribution in [0.15, 0.2) is 36.4 Å². The standard InChI is InChI=1S/C20H20F3N7O2S/c21-20(22,23)32-14-3-1-2-12(10-14)11-17(31)25-15-4-5-16(27-26-15)30-8-6-13(7-9-30)18-28-29-19(24)33-18/h1-5,10,13H,6-9,11H2,(H2,24,29)(H,25,26,31). The number of halogens is 3. The van der Waals surface area contributed by atoms with Crippen LogP contribution < -0.4 is 20.7 Å². The predicted molar refractivity (Wildman–Crippen MR) is 116 cm³/mol. The zero-order valence-electron chi connectivity index (χ0n) is 17.2. The number of hydrogen-bond acceptors (Lipinski definition) is 9. The average Bonchev–Trinajstić information content (AvgIpc) is 3.20. The molecule has 0 atom stereocenters. The Labute approximate surface area is 190 Å². The number of hydrogen-bond donors (Lipinski definition) is 2. The third kappa shape index (κ3) is 6.28. The highest BCUT2D eigenvalue weighted by molar-refractivity contribution is 7.15. The summed E-state index contributed by atoms with van der Waals surface area (Å²) in [5.74, 6) is 0.460. The number of anilines is 3. The fourth-order valence-corrected chi connectivity index (χ4v) is 4.33. The van der Waals surface area contributed by atoms with Gasteiger partial charge in [-0.1, -0.05) is 23.5 Å². The lowest BCUT2D eigenvalue weighted by atomic mass is 9.98. The second-order valence-electron chi connectivity index (χ2n) is 7.44. The maximum Gasteiger partial charge on any atom is 0.573 e. The first kappa shape index (κ1) is 22.7. The molecule has 3 N–H and O–H groups in total. The number of carbonyl (C=O) groups excluding carboxylic acids is 1. The van der Waals surface area contributed by atoms with E-state index >= 15 is 0 Å². The van der Waals surface area contributed by atoms with Gasteiger partial charge in [-0.15, -0.1) is 33.6 Å². The molecule has 0 saturated carbocycles. The van der Waals surface area contributed by atoms with Gasteiger partial charge < -0.3 is 20.7 Å². The fourth-order valence-electron chi connectivity index (χ4n) is 3.55. The Balaban J connectivity index is 1.29. The Kier molecular flexibility index (Phi) is 6.58. The summed E-state index contributed by atoms with van der Waals surface area (Å²) < 4.78 is 41.0. The largest absolute Gasteiger partial charge is 0.573 e. The molecule has 1 aliphatic heterocycles. The van der Waals surface area contributed by atoms with E-state index in [1.165, 1.54) is 35.6 Å². The summed E-state index contributed by atoms with van der Waals surface area (Å²) in [5, 5.41) is 20.3. The van der Waals surface area contributed by atoms with E-state index < -0.39 is 12.3 Å². The van der Waals surface area contributed by atoms with Gasteiger partial charge in [0.15, 0.2) is 11.6 Å². The summed E-state index contributed by atoms with van der Waals surface area (Å²) >= 11 is 1.41. The molecule has 2 aromatic heterocycles. The molecule has 0 spiro atoms. The van der Waals surface area contributed by atoms with Gasteiger partial charge in [0.1, 0.15) is 10.8 Å². The number of amides is 1. The van der Waals surface area contributed by atoms with Gasteiger partial charge in [-0.2, -0.15) is 0 Å². The number of piperidine rings is 1. The lowest BCUT2D eigenvalue weighted by molar-refractivity contribution is -0.274. The van der Waals surface area contributed by atoms with Gasteiger partial charge in [-0.25, -0.2) is 0 Å². The van der Waals surface area contributed by atoms with Crippen molar-refractivity contribution in [3.8, 4) is 5.75 Å². The Morgan fingerprint density at radius 3 is 2.58 bits per heavy atom. The van der Waals surface area contributed by atoms with Crippen LogP contribution in [0.4, 0.5) is 29.9 Å². The zero-order chi connectivity index (χ0) is 23.4. The van der Waals surface area contributed by atoms with Gasteiger partial charge in [-0.05, 0) is 42.7 Å². The maximum absolute atomic E-state index is 12.4. The van der Waals surface area contributed by atoms with Crippen LogP contribution in [0.25, 0.3) is 0 Å². The number of aromatic nitrogens is 4. The quantitative estimate of drug-likeness (QED) is 0.552. The molecule has 9 nitrogen and oxygen atoms in total. The molecule has 3 aromatic rings. The molecule has 0 aliphatic carbocycles. The molecular formula is C20H20F3N7O2S. The van der Waals surface area contributed by atoms with Crippen LogP contribution in [0.3, 0.4) is 0 Å². The van der Waals surface area contributed by atoms with E-state index in [1.807, 2.05) is 0 Å². The van der Waals surface area contributed by atoms with E-state index in [9.17, 15) is 18.0 Å². The minimum absolute atomic E-state index is 0.137. The van der Waals surface area contributed by atoms with E-state index in [-0.39, 0.29) is 18.0 Å². The highest BCUT2D eigenvalue weighted by Gasteiger charge is 2.31. The first-order valence-electron chi connectivity index (χ1n) is 10.1. The van der Waals surface area contributed by atoms with Gasteiger partial charge in [0.05, 0.1) is 6.42 Å². The number of benzene rings is 1. The number of nitrogens with one attached hydrogen (secondary N) is 1. The zero-order valence-corrected chi connectivity index (χ0v) is 18.1. The van der Waals surface area contributed by atoms with Crippen LogP contribution in [-0.4, -0.2) is 45.8 Å². The number of ether oxygens (including phenoxy) is 1. The molecule has 13 heteroatoms. The number of nitrogen functional groups attached to an aromatic ring is 1.